The molecule has 0 heterocycles. The number of hydrogen-bond acceptors (Lipinski definition) is 1. The first-order valence-corrected chi connectivity index (χ1v) is 7.44. The molecule has 0 N–H and O–H groups in total. The molecule has 0 bridgehead atoms. The topological polar surface area (TPSA) is 17.1 Å². The molecule has 1 aliphatic carbocycles. The van der Waals surface area contributed by atoms with E-state index in [1.807, 2.05) is 12.1 Å². The summed E-state index contributed by atoms with van der Waals surface area (Å²) in [6.07, 6.45) is 9.55. The van der Waals surface area contributed by atoms with Crippen LogP contribution in [0.4, 0.5) is 0 Å². The molecule has 2 rings (SSSR count). The average molecular weight is 244 g/mol. The molecule has 0 radical (unpaired) electrons. The van der Waals surface area contributed by atoms with Crippen LogP contribution in [0.5, 0.6) is 0 Å². The number of benzene rings is 1. The van der Waals surface area contributed by atoms with Gasteiger partial charge in [0, 0.05) is 12.0 Å². The summed E-state index contributed by atoms with van der Waals surface area (Å²) in [6, 6.07) is 8.41. The van der Waals surface area contributed by atoms with Crippen LogP contribution >= 0.6 is 0 Å². The van der Waals surface area contributed by atoms with Crippen molar-refractivity contribution in [1.82, 2.24) is 0 Å². The molecule has 18 heavy (non-hydrogen) atoms. The highest BCUT2D eigenvalue weighted by Gasteiger charge is 2.15. The van der Waals surface area contributed by atoms with Crippen LogP contribution < -0.4 is 0 Å². The van der Waals surface area contributed by atoms with Crippen LogP contribution in [0.25, 0.3) is 0 Å². The second kappa shape index (κ2) is 6.72. The van der Waals surface area contributed by atoms with Gasteiger partial charge in [-0.05, 0) is 30.7 Å². The molecule has 1 fully saturated rings. The fourth-order valence-electron chi connectivity index (χ4n) is 2.86. The molecule has 0 aliphatic heterocycles. The Balaban J connectivity index is 1.98. The predicted octanol–water partition coefficient (Wildman–Crippen LogP) is 5.11. The van der Waals surface area contributed by atoms with E-state index in [9.17, 15) is 4.79 Å². The van der Waals surface area contributed by atoms with Crippen molar-refractivity contribution in [2.45, 2.75) is 64.2 Å². The smallest absolute Gasteiger partial charge is 0.162 e. The summed E-state index contributed by atoms with van der Waals surface area (Å²) in [6.45, 7) is 2.12. The first kappa shape index (κ1) is 13.3. The monoisotopic (exact) mass is 244 g/mol. The van der Waals surface area contributed by atoms with Crippen molar-refractivity contribution in [1.29, 1.82) is 0 Å². The second-order valence-electron chi connectivity index (χ2n) is 5.48. The van der Waals surface area contributed by atoms with Crippen molar-refractivity contribution in [3.05, 3.63) is 35.4 Å². The van der Waals surface area contributed by atoms with Crippen molar-refractivity contribution in [3.8, 4) is 0 Å². The van der Waals surface area contributed by atoms with Gasteiger partial charge in [0.25, 0.3) is 0 Å². The van der Waals surface area contributed by atoms with E-state index in [0.717, 1.165) is 24.3 Å². The molecular weight excluding hydrogens is 220 g/mol. The minimum Gasteiger partial charge on any atom is -0.294 e. The van der Waals surface area contributed by atoms with Gasteiger partial charge in [-0.2, -0.15) is 0 Å². The Morgan fingerprint density at radius 1 is 1.11 bits per heavy atom. The molecule has 1 nitrogen and oxygen atoms in total. The molecule has 0 atom stereocenters. The zero-order valence-electron chi connectivity index (χ0n) is 11.5. The van der Waals surface area contributed by atoms with E-state index in [4.69, 9.17) is 0 Å². The molecule has 1 saturated carbocycles. The van der Waals surface area contributed by atoms with Crippen LogP contribution in [-0.4, -0.2) is 5.78 Å². The second-order valence-corrected chi connectivity index (χ2v) is 5.48. The van der Waals surface area contributed by atoms with Gasteiger partial charge in [0.2, 0.25) is 0 Å². The molecule has 0 spiro atoms. The summed E-state index contributed by atoms with van der Waals surface area (Å²) in [4.78, 5) is 11.9. The lowest BCUT2D eigenvalue weighted by Crippen LogP contribution is -2.05. The molecule has 0 aromatic heterocycles. The molecular formula is C17H24O. The highest BCUT2D eigenvalue weighted by molar-refractivity contribution is 5.96. The first-order chi connectivity index (χ1) is 8.81. The third-order valence-electron chi connectivity index (χ3n) is 4.07. The van der Waals surface area contributed by atoms with Gasteiger partial charge in [0.1, 0.15) is 0 Å². The van der Waals surface area contributed by atoms with Crippen molar-refractivity contribution in [2.75, 3.05) is 0 Å². The van der Waals surface area contributed by atoms with Crippen molar-refractivity contribution in [2.24, 2.45) is 0 Å². The van der Waals surface area contributed by atoms with E-state index in [0.29, 0.717) is 12.2 Å². The zero-order chi connectivity index (χ0) is 12.8. The van der Waals surface area contributed by atoms with Gasteiger partial charge < -0.3 is 0 Å². The summed E-state index contributed by atoms with van der Waals surface area (Å²) in [5, 5.41) is 0. The number of rotatable bonds is 5. The average Bonchev–Trinajstić information content (AvgIpc) is 2.46. The highest BCUT2D eigenvalue weighted by Crippen LogP contribution is 2.32. The molecule has 1 aliphatic rings. The fraction of sp³-hybridized carbons (Fsp3) is 0.588. The Kier molecular flexibility index (Phi) is 4.98. The molecule has 0 amide bonds. The van der Waals surface area contributed by atoms with E-state index in [1.54, 1.807) is 0 Å². The van der Waals surface area contributed by atoms with Crippen LogP contribution in [0.1, 0.15) is 80.1 Å². The van der Waals surface area contributed by atoms with E-state index in [1.165, 1.54) is 37.7 Å². The van der Waals surface area contributed by atoms with Gasteiger partial charge in [0.15, 0.2) is 5.78 Å². The lowest BCUT2D eigenvalue weighted by atomic mass is 9.84. The third-order valence-corrected chi connectivity index (χ3v) is 4.07. The Bertz CT molecular complexity index is 371. The maximum Gasteiger partial charge on any atom is 0.162 e. The van der Waals surface area contributed by atoms with E-state index >= 15 is 0 Å². The normalized spacial score (nSPS) is 16.7. The number of ketones is 1. The number of carbonyl (C=O) groups is 1. The minimum atomic E-state index is 0.298. The fourth-order valence-corrected chi connectivity index (χ4v) is 2.86. The summed E-state index contributed by atoms with van der Waals surface area (Å²) >= 11 is 0. The van der Waals surface area contributed by atoms with E-state index in [2.05, 4.69) is 19.1 Å². The maximum absolute atomic E-state index is 11.9. The molecule has 0 saturated heterocycles. The van der Waals surface area contributed by atoms with Gasteiger partial charge in [0.05, 0.1) is 0 Å². The van der Waals surface area contributed by atoms with Crippen molar-refractivity contribution < 1.29 is 4.79 Å². The molecule has 98 valence electrons. The summed E-state index contributed by atoms with van der Waals surface area (Å²) in [5.41, 5.74) is 2.32. The summed E-state index contributed by atoms with van der Waals surface area (Å²) < 4.78 is 0. The number of unbranched alkanes of at least 4 members (excludes halogenated alkanes) is 1. The van der Waals surface area contributed by atoms with Crippen LogP contribution in [0.15, 0.2) is 24.3 Å². The van der Waals surface area contributed by atoms with Gasteiger partial charge >= 0.3 is 0 Å². The number of hydrogen-bond donors (Lipinski definition) is 0. The number of carbonyl (C=O) groups excluding carboxylic acids is 1. The Morgan fingerprint density at radius 3 is 2.39 bits per heavy atom. The third kappa shape index (κ3) is 3.44. The summed E-state index contributed by atoms with van der Waals surface area (Å²) in [5.74, 6) is 1.03. The van der Waals surface area contributed by atoms with Crippen LogP contribution in [0.2, 0.25) is 0 Å². The van der Waals surface area contributed by atoms with Gasteiger partial charge in [-0.3, -0.25) is 4.79 Å². The summed E-state index contributed by atoms with van der Waals surface area (Å²) in [7, 11) is 0. The van der Waals surface area contributed by atoms with Gasteiger partial charge in [-0.1, -0.05) is 56.9 Å². The standard InChI is InChI=1S/C17H24O/c1-2-3-9-17(18)16-12-10-15(11-13-16)14-7-5-4-6-8-14/h10-14H,2-9H2,1H3. The zero-order valence-corrected chi connectivity index (χ0v) is 11.5. The largest absolute Gasteiger partial charge is 0.294 e. The minimum absolute atomic E-state index is 0.298. The van der Waals surface area contributed by atoms with E-state index < -0.39 is 0 Å². The predicted molar refractivity (Wildman–Crippen MR) is 76.1 cm³/mol. The van der Waals surface area contributed by atoms with Gasteiger partial charge in [-0.15, -0.1) is 0 Å². The molecule has 1 heteroatoms. The Labute approximate surface area is 111 Å². The molecule has 0 unspecified atom stereocenters. The first-order valence-electron chi connectivity index (χ1n) is 7.44. The van der Waals surface area contributed by atoms with Crippen molar-refractivity contribution in [3.63, 3.8) is 0 Å². The van der Waals surface area contributed by atoms with E-state index in [-0.39, 0.29) is 0 Å². The highest BCUT2D eigenvalue weighted by atomic mass is 16.1. The van der Waals surface area contributed by atoms with Gasteiger partial charge in [-0.25, -0.2) is 0 Å². The lowest BCUT2D eigenvalue weighted by molar-refractivity contribution is 0.0980. The molecule has 1 aromatic rings. The van der Waals surface area contributed by atoms with Crippen LogP contribution in [-0.2, 0) is 0 Å². The van der Waals surface area contributed by atoms with Crippen molar-refractivity contribution >= 4 is 5.78 Å². The maximum atomic E-state index is 11.9. The lowest BCUT2D eigenvalue weighted by Gasteiger charge is -2.22. The van der Waals surface area contributed by atoms with Crippen LogP contribution in [0.3, 0.4) is 0 Å². The Hall–Kier alpha value is -1.11. The molecule has 1 aromatic carbocycles. The van der Waals surface area contributed by atoms with Crippen LogP contribution in [0, 0.1) is 0 Å². The SMILES string of the molecule is CCCCC(=O)c1ccc(C2CCCCC2)cc1. The number of Topliss-reactive ketones (excluding diaryl/α,β-unsaturated/α-hetero) is 1. The Morgan fingerprint density at radius 2 is 1.78 bits per heavy atom. The quantitative estimate of drug-likeness (QED) is 0.658.